The maximum Gasteiger partial charge on any atom is 0.336 e. The third kappa shape index (κ3) is 10.4. The Bertz CT molecular complexity index is 3520. The lowest BCUT2D eigenvalue weighted by molar-refractivity contribution is -0.433. The number of allylic oxidation sites excluding steroid dienone is 6. The third-order valence-electron chi connectivity index (χ3n) is 13.7. The van der Waals surface area contributed by atoms with Gasteiger partial charge in [0.1, 0.15) is 23.6 Å². The molecule has 8 rings (SSSR count). The number of anilines is 1. The van der Waals surface area contributed by atoms with Crippen molar-refractivity contribution < 1.29 is 66.3 Å². The molecule has 3 heterocycles. The second kappa shape index (κ2) is 21.2. The summed E-state index contributed by atoms with van der Waals surface area (Å²) >= 11 is 0.907. The van der Waals surface area contributed by atoms with Crippen LogP contribution in [-0.2, 0) is 41.7 Å². The SMILES string of the molecule is CC[N+]1=C(/C=C/C=C/C=C2\N(CCCCCC(=O)NCc3c4oc5cc(O)ccc5c(-c5ccc(C(=O)O)cc5C(=O)O)c-4ccc3=O)c3ccc(S(=O)(=O)O)cc3C2(C)C)C(C)(C)c2cc(SOOO)ccc21. The predicted octanol–water partition coefficient (Wildman–Crippen LogP) is 10.4. The number of nitrogens with zero attached hydrogens (tertiary/aromatic N) is 2. The largest absolute Gasteiger partial charge is 0.508 e. The Balaban J connectivity index is 0.966. The van der Waals surface area contributed by atoms with Gasteiger partial charge >= 0.3 is 11.9 Å². The summed E-state index contributed by atoms with van der Waals surface area (Å²) in [5.41, 5.74) is 4.65. The highest BCUT2D eigenvalue weighted by molar-refractivity contribution is 7.94. The van der Waals surface area contributed by atoms with Crippen LogP contribution in [-0.4, -0.2) is 74.8 Å². The first-order valence-electron chi connectivity index (χ1n) is 23.7. The molecule has 4 aromatic rings. The van der Waals surface area contributed by atoms with Crippen molar-refractivity contribution in [1.29, 1.82) is 0 Å². The third-order valence-corrected chi connectivity index (χ3v) is 15.1. The number of unbranched alkanes of at least 4 members (excludes halogenated alkanes) is 2. The quantitative estimate of drug-likeness (QED) is 0.00645. The molecule has 0 spiro atoms. The Hall–Kier alpha value is -7.39. The molecule has 0 radical (unpaired) electrons. The Morgan fingerprint density at radius 2 is 1.62 bits per heavy atom. The molecule has 1 aliphatic carbocycles. The van der Waals surface area contributed by atoms with Crippen LogP contribution in [0.4, 0.5) is 11.4 Å². The normalized spacial score (nSPS) is 15.5. The van der Waals surface area contributed by atoms with Crippen LogP contribution in [0, 0.1) is 0 Å². The lowest BCUT2D eigenvalue weighted by Gasteiger charge is -2.27. The van der Waals surface area contributed by atoms with E-state index < -0.39 is 32.9 Å². The summed E-state index contributed by atoms with van der Waals surface area (Å²) in [6, 6.07) is 21.2. The number of hydrogen-bond donors (Lipinski definition) is 6. The zero-order chi connectivity index (χ0) is 53.3. The van der Waals surface area contributed by atoms with Gasteiger partial charge in [-0.15, -0.1) is 4.33 Å². The molecule has 6 N–H and O–H groups in total. The number of aromatic hydroxyl groups is 1. The number of carboxylic acid groups (broad SMARTS) is 2. The summed E-state index contributed by atoms with van der Waals surface area (Å²) in [7, 11) is -4.48. The van der Waals surface area contributed by atoms with Crippen molar-refractivity contribution >= 4 is 68.1 Å². The molecular formula is C55H54N3O14S2+. The number of benzene rings is 5. The second-order valence-corrected chi connectivity index (χ2v) is 21.1. The lowest BCUT2D eigenvalue weighted by Crippen LogP contribution is -2.27. The first-order chi connectivity index (χ1) is 35.2. The highest BCUT2D eigenvalue weighted by Gasteiger charge is 2.44. The summed E-state index contributed by atoms with van der Waals surface area (Å²) in [6.07, 6.45) is 11.8. The van der Waals surface area contributed by atoms with Gasteiger partial charge in [0.2, 0.25) is 11.6 Å². The zero-order valence-electron chi connectivity index (χ0n) is 41.0. The van der Waals surface area contributed by atoms with E-state index in [2.05, 4.69) is 51.0 Å². The first kappa shape index (κ1) is 52.9. The molecule has 3 aliphatic heterocycles. The second-order valence-electron chi connectivity index (χ2n) is 18.9. The van der Waals surface area contributed by atoms with Crippen LogP contribution in [0.25, 0.3) is 33.4 Å². The number of carboxylic acids is 2. The van der Waals surface area contributed by atoms with E-state index in [4.69, 9.17) is 9.67 Å². The topological polar surface area (TPSA) is 253 Å². The molecule has 0 bridgehead atoms. The molecule has 4 aromatic carbocycles. The number of amides is 1. The van der Waals surface area contributed by atoms with Gasteiger partial charge in [-0.2, -0.15) is 13.0 Å². The van der Waals surface area contributed by atoms with Crippen molar-refractivity contribution in [3.8, 4) is 28.2 Å². The summed E-state index contributed by atoms with van der Waals surface area (Å²) < 4.78 is 47.6. The number of rotatable bonds is 19. The number of aromatic carboxylic acids is 2. The van der Waals surface area contributed by atoms with Crippen molar-refractivity contribution in [1.82, 2.24) is 5.32 Å². The number of nitrogens with one attached hydrogen (secondary N) is 1. The molecule has 19 heteroatoms. The molecular weight excluding hydrogens is 991 g/mol. The summed E-state index contributed by atoms with van der Waals surface area (Å²) in [5.74, 6) is -3.13. The molecule has 384 valence electrons. The number of phenols is 1. The number of fused-ring (bicyclic) bond motifs is 4. The van der Waals surface area contributed by atoms with Gasteiger partial charge in [0.25, 0.3) is 10.1 Å². The zero-order valence-corrected chi connectivity index (χ0v) is 42.7. The Labute approximate surface area is 430 Å². The number of hydrogen-bond acceptors (Lipinski definition) is 13. The van der Waals surface area contributed by atoms with E-state index >= 15 is 0 Å². The Kier molecular flexibility index (Phi) is 15.2. The fourth-order valence-corrected chi connectivity index (χ4v) is 10.9. The molecule has 17 nitrogen and oxygen atoms in total. The van der Waals surface area contributed by atoms with Gasteiger partial charge in [-0.1, -0.05) is 49.6 Å². The number of carbonyl (C=O) groups excluding carboxylic acids is 1. The molecule has 0 atom stereocenters. The van der Waals surface area contributed by atoms with Crippen molar-refractivity contribution in [3.05, 3.63) is 159 Å². The number of phenolic OH excluding ortho intramolecular Hbond substituents is 1. The Morgan fingerprint density at radius 1 is 0.851 bits per heavy atom. The van der Waals surface area contributed by atoms with Gasteiger partial charge in [-0.25, -0.2) is 14.8 Å². The fraction of sp³-hybridized carbons (Fsp3) is 0.255. The van der Waals surface area contributed by atoms with E-state index in [1.165, 1.54) is 54.6 Å². The minimum Gasteiger partial charge on any atom is -0.508 e. The summed E-state index contributed by atoms with van der Waals surface area (Å²) in [6.45, 7) is 11.4. The lowest BCUT2D eigenvalue weighted by atomic mass is 9.81. The number of carbonyl (C=O) groups is 3. The van der Waals surface area contributed by atoms with Gasteiger partial charge < -0.3 is 30.0 Å². The molecule has 0 saturated carbocycles. The fourth-order valence-electron chi connectivity index (χ4n) is 10.0. The molecule has 1 amide bonds. The van der Waals surface area contributed by atoms with Crippen LogP contribution in [0.15, 0.2) is 140 Å². The maximum absolute atomic E-state index is 13.4. The van der Waals surface area contributed by atoms with E-state index in [0.29, 0.717) is 42.3 Å². The molecule has 0 aromatic heterocycles. The van der Waals surface area contributed by atoms with E-state index in [1.807, 2.05) is 56.4 Å². The van der Waals surface area contributed by atoms with Gasteiger partial charge in [0.05, 0.1) is 45.6 Å². The van der Waals surface area contributed by atoms with Crippen LogP contribution < -0.4 is 15.6 Å². The van der Waals surface area contributed by atoms with Crippen molar-refractivity contribution in [2.75, 3.05) is 18.0 Å². The average Bonchev–Trinajstić information content (AvgIpc) is 3.71. The average molecular weight is 1050 g/mol. The van der Waals surface area contributed by atoms with Gasteiger partial charge in [0.15, 0.2) is 11.1 Å². The highest BCUT2D eigenvalue weighted by atomic mass is 32.2. The minimum atomic E-state index is -4.48. The van der Waals surface area contributed by atoms with Crippen LogP contribution in [0.3, 0.4) is 0 Å². The molecule has 0 fully saturated rings. The molecule has 0 unspecified atom stereocenters. The van der Waals surface area contributed by atoms with E-state index in [9.17, 15) is 47.5 Å². The maximum atomic E-state index is 13.4. The molecule has 4 aliphatic rings. The first-order valence-corrected chi connectivity index (χ1v) is 25.8. The van der Waals surface area contributed by atoms with Crippen LogP contribution in [0.5, 0.6) is 5.75 Å². The smallest absolute Gasteiger partial charge is 0.336 e. The van der Waals surface area contributed by atoms with Crippen LogP contribution in [0.1, 0.15) is 97.7 Å². The standard InChI is InChI=1S/C55H53N3O14S2/c1-6-57-43-23-18-34(73-72-71-66)29-41(43)54(2,3)47(57)13-9-7-10-14-48-55(4,5)42-30-35(74(67,68)69)19-24-44(42)58(48)26-12-8-11-15-49(61)56-31-40-45(60)25-22-38-50(37-21-17-33(59)28-46(37)70-51(38)40)36-20-16-32(52(62)63)27-39(36)53(64)65/h7,9-10,13-14,16-25,27-30H,6,8,11-12,15,26,31H2,1-5H3,(H5-,56,59,60,61,62,63,64,65,66,67,68,69)/p+1. The Morgan fingerprint density at radius 3 is 2.34 bits per heavy atom. The van der Waals surface area contributed by atoms with E-state index in [0.717, 1.165) is 63.5 Å². The van der Waals surface area contributed by atoms with E-state index in [-0.39, 0.29) is 68.5 Å². The van der Waals surface area contributed by atoms with Gasteiger partial charge in [-0.3, -0.25) is 14.1 Å². The van der Waals surface area contributed by atoms with Crippen molar-refractivity contribution in [3.63, 3.8) is 0 Å². The summed E-state index contributed by atoms with van der Waals surface area (Å²) in [5, 5.41) is 45.8. The minimum absolute atomic E-state index is 0.0550. The van der Waals surface area contributed by atoms with Crippen molar-refractivity contribution in [2.24, 2.45) is 0 Å². The van der Waals surface area contributed by atoms with Gasteiger partial charge in [0, 0.05) is 74.9 Å². The van der Waals surface area contributed by atoms with Crippen LogP contribution in [0.2, 0.25) is 0 Å². The monoisotopic (exact) mass is 1040 g/mol. The highest BCUT2D eigenvalue weighted by Crippen LogP contribution is 2.49. The van der Waals surface area contributed by atoms with Crippen molar-refractivity contribution in [2.45, 2.75) is 87.5 Å². The molecule has 0 saturated heterocycles. The summed E-state index contributed by atoms with van der Waals surface area (Å²) in [4.78, 5) is 53.7. The van der Waals surface area contributed by atoms with Gasteiger partial charge in [-0.05, 0) is 118 Å². The molecule has 74 heavy (non-hydrogen) atoms. The van der Waals surface area contributed by atoms with Crippen LogP contribution >= 0.6 is 12.0 Å². The predicted molar refractivity (Wildman–Crippen MR) is 279 cm³/mol. The van der Waals surface area contributed by atoms with E-state index in [1.54, 1.807) is 6.07 Å².